The molecule has 3 unspecified atom stereocenters. The standard InChI is InChI=1S/C38H73NO4/c1-3-5-7-9-11-13-14-15-16-17-18-19-20-21-22-23-24-25-27-29-31-33-37(42)39-35(34-40)38(43)36(41)32-30-28-26-12-10-8-6-4-2/h5,7,11,13,35-36,38,40-41,43H,3-4,6,8-10,12,14-34H2,1-2H3,(H,39,42)/b7-5-,13-11-. The Morgan fingerprint density at radius 1 is 0.605 bits per heavy atom. The second-order valence-electron chi connectivity index (χ2n) is 12.8. The van der Waals surface area contributed by atoms with Gasteiger partial charge in [0.15, 0.2) is 0 Å². The van der Waals surface area contributed by atoms with E-state index in [0.29, 0.717) is 12.8 Å². The summed E-state index contributed by atoms with van der Waals surface area (Å²) in [5.74, 6) is -0.148. The SMILES string of the molecule is CC/C=C\C/C=C\CCCCCCCCCCCCCCCCC(=O)NC(CO)C(O)C(O)CCCCCCCCCC. The predicted molar refractivity (Wildman–Crippen MR) is 185 cm³/mol. The molecular weight excluding hydrogens is 534 g/mol. The van der Waals surface area contributed by atoms with Gasteiger partial charge in [0.25, 0.3) is 0 Å². The van der Waals surface area contributed by atoms with Crippen LogP contribution in [0.1, 0.15) is 187 Å². The molecule has 0 aromatic carbocycles. The monoisotopic (exact) mass is 608 g/mol. The molecule has 0 aromatic heterocycles. The minimum atomic E-state index is -1.13. The van der Waals surface area contributed by atoms with Crippen LogP contribution in [0, 0.1) is 0 Å². The Bertz CT molecular complexity index is 635. The third kappa shape index (κ3) is 29.3. The molecule has 0 aliphatic rings. The third-order valence-corrected chi connectivity index (χ3v) is 8.57. The van der Waals surface area contributed by atoms with Gasteiger partial charge < -0.3 is 20.6 Å². The lowest BCUT2D eigenvalue weighted by Crippen LogP contribution is -2.50. The van der Waals surface area contributed by atoms with Crippen molar-refractivity contribution in [3.8, 4) is 0 Å². The summed E-state index contributed by atoms with van der Waals surface area (Å²) in [6.45, 7) is 4.03. The number of hydrogen-bond acceptors (Lipinski definition) is 4. The van der Waals surface area contributed by atoms with Crippen LogP contribution in [0.15, 0.2) is 24.3 Å². The number of hydrogen-bond donors (Lipinski definition) is 4. The van der Waals surface area contributed by atoms with E-state index in [2.05, 4.69) is 43.5 Å². The molecule has 0 rings (SSSR count). The van der Waals surface area contributed by atoms with E-state index in [1.54, 1.807) is 0 Å². The summed E-state index contributed by atoms with van der Waals surface area (Å²) < 4.78 is 0. The number of carbonyl (C=O) groups is 1. The molecule has 0 saturated heterocycles. The van der Waals surface area contributed by atoms with Gasteiger partial charge in [-0.25, -0.2) is 0 Å². The highest BCUT2D eigenvalue weighted by atomic mass is 16.3. The normalized spacial score (nSPS) is 14.1. The zero-order chi connectivity index (χ0) is 31.6. The van der Waals surface area contributed by atoms with E-state index in [1.807, 2.05) is 0 Å². The number of aliphatic hydroxyl groups is 3. The van der Waals surface area contributed by atoms with Gasteiger partial charge in [-0.1, -0.05) is 167 Å². The Kier molecular flexibility index (Phi) is 32.8. The Balaban J connectivity index is 3.58. The summed E-state index contributed by atoms with van der Waals surface area (Å²) in [4.78, 5) is 12.3. The highest BCUT2D eigenvalue weighted by molar-refractivity contribution is 5.76. The number of rotatable bonds is 33. The van der Waals surface area contributed by atoms with Crippen LogP contribution >= 0.6 is 0 Å². The molecule has 0 fully saturated rings. The summed E-state index contributed by atoms with van der Waals surface area (Å²) in [6.07, 6.45) is 38.6. The molecule has 0 saturated carbocycles. The quantitative estimate of drug-likeness (QED) is 0.0441. The van der Waals surface area contributed by atoms with Crippen LogP contribution < -0.4 is 5.32 Å². The number of carbonyl (C=O) groups excluding carboxylic acids is 1. The molecule has 0 heterocycles. The maximum atomic E-state index is 12.3. The molecule has 0 aromatic rings. The first kappa shape index (κ1) is 41.8. The van der Waals surface area contributed by atoms with E-state index in [1.165, 1.54) is 109 Å². The zero-order valence-electron chi connectivity index (χ0n) is 28.6. The van der Waals surface area contributed by atoms with E-state index < -0.39 is 18.2 Å². The topological polar surface area (TPSA) is 89.8 Å². The van der Waals surface area contributed by atoms with Gasteiger partial charge in [0.1, 0.15) is 6.10 Å². The average Bonchev–Trinajstić information content (AvgIpc) is 3.01. The van der Waals surface area contributed by atoms with E-state index in [0.717, 1.165) is 51.4 Å². The lowest BCUT2D eigenvalue weighted by Gasteiger charge is -2.26. The molecule has 43 heavy (non-hydrogen) atoms. The average molecular weight is 608 g/mol. The molecule has 254 valence electrons. The van der Waals surface area contributed by atoms with Crippen LogP contribution in [-0.4, -0.2) is 46.1 Å². The number of allylic oxidation sites excluding steroid dienone is 4. The van der Waals surface area contributed by atoms with Crippen molar-refractivity contribution in [1.29, 1.82) is 0 Å². The number of unbranched alkanes of at least 4 members (excludes halogenated alkanes) is 21. The molecule has 5 nitrogen and oxygen atoms in total. The Morgan fingerprint density at radius 2 is 1.07 bits per heavy atom. The maximum Gasteiger partial charge on any atom is 0.220 e. The molecule has 0 spiro atoms. The lowest BCUT2D eigenvalue weighted by atomic mass is 9.99. The molecule has 0 aliphatic carbocycles. The van der Waals surface area contributed by atoms with Gasteiger partial charge >= 0.3 is 0 Å². The molecule has 0 radical (unpaired) electrons. The van der Waals surface area contributed by atoms with Crippen molar-refractivity contribution in [2.24, 2.45) is 0 Å². The Hall–Kier alpha value is -1.17. The number of aliphatic hydroxyl groups excluding tert-OH is 3. The molecular formula is C38H73NO4. The smallest absolute Gasteiger partial charge is 0.220 e. The first-order valence-electron chi connectivity index (χ1n) is 18.6. The zero-order valence-corrected chi connectivity index (χ0v) is 28.6. The minimum Gasteiger partial charge on any atom is -0.394 e. The van der Waals surface area contributed by atoms with Crippen molar-refractivity contribution < 1.29 is 20.1 Å². The van der Waals surface area contributed by atoms with Crippen molar-refractivity contribution in [2.45, 2.75) is 205 Å². The summed E-state index contributed by atoms with van der Waals surface area (Å²) in [5, 5.41) is 33.2. The second-order valence-corrected chi connectivity index (χ2v) is 12.8. The van der Waals surface area contributed by atoms with Crippen LogP contribution in [-0.2, 0) is 4.79 Å². The molecule has 5 heteroatoms. The Morgan fingerprint density at radius 3 is 1.58 bits per heavy atom. The van der Waals surface area contributed by atoms with E-state index in [4.69, 9.17) is 0 Å². The van der Waals surface area contributed by atoms with Crippen LogP contribution in [0.4, 0.5) is 0 Å². The minimum absolute atomic E-state index is 0.148. The van der Waals surface area contributed by atoms with Gasteiger partial charge in [0.05, 0.1) is 18.8 Å². The van der Waals surface area contributed by atoms with Gasteiger partial charge in [-0.2, -0.15) is 0 Å². The number of nitrogens with one attached hydrogen (secondary N) is 1. The van der Waals surface area contributed by atoms with Gasteiger partial charge in [-0.15, -0.1) is 0 Å². The molecule has 3 atom stereocenters. The van der Waals surface area contributed by atoms with Gasteiger partial charge in [-0.3, -0.25) is 4.79 Å². The highest BCUT2D eigenvalue weighted by Gasteiger charge is 2.26. The fraction of sp³-hybridized carbons (Fsp3) is 0.868. The molecule has 4 N–H and O–H groups in total. The number of amides is 1. The van der Waals surface area contributed by atoms with Gasteiger partial charge in [0, 0.05) is 6.42 Å². The first-order chi connectivity index (χ1) is 21.1. The van der Waals surface area contributed by atoms with Crippen molar-refractivity contribution in [3.63, 3.8) is 0 Å². The fourth-order valence-corrected chi connectivity index (χ4v) is 5.67. The van der Waals surface area contributed by atoms with E-state index in [9.17, 15) is 20.1 Å². The fourth-order valence-electron chi connectivity index (χ4n) is 5.67. The van der Waals surface area contributed by atoms with Crippen molar-refractivity contribution in [2.75, 3.05) is 6.61 Å². The van der Waals surface area contributed by atoms with Crippen LogP contribution in [0.25, 0.3) is 0 Å². The lowest BCUT2D eigenvalue weighted by molar-refractivity contribution is -0.124. The summed E-state index contributed by atoms with van der Waals surface area (Å²) in [7, 11) is 0. The van der Waals surface area contributed by atoms with Gasteiger partial charge in [0.2, 0.25) is 5.91 Å². The van der Waals surface area contributed by atoms with Gasteiger partial charge in [-0.05, 0) is 38.5 Å². The maximum absolute atomic E-state index is 12.3. The predicted octanol–water partition coefficient (Wildman–Crippen LogP) is 9.87. The van der Waals surface area contributed by atoms with E-state index >= 15 is 0 Å². The summed E-state index contributed by atoms with van der Waals surface area (Å²) >= 11 is 0. The third-order valence-electron chi connectivity index (χ3n) is 8.57. The largest absolute Gasteiger partial charge is 0.394 e. The van der Waals surface area contributed by atoms with Crippen molar-refractivity contribution >= 4 is 5.91 Å². The summed E-state index contributed by atoms with van der Waals surface area (Å²) in [6, 6.07) is -0.804. The molecule has 0 bridgehead atoms. The highest BCUT2D eigenvalue weighted by Crippen LogP contribution is 2.15. The Labute approximate surface area is 267 Å². The van der Waals surface area contributed by atoms with Crippen LogP contribution in [0.3, 0.4) is 0 Å². The second kappa shape index (κ2) is 33.7. The molecule has 0 aliphatic heterocycles. The molecule has 1 amide bonds. The first-order valence-corrected chi connectivity index (χ1v) is 18.6. The van der Waals surface area contributed by atoms with Crippen LogP contribution in [0.5, 0.6) is 0 Å². The van der Waals surface area contributed by atoms with Crippen LogP contribution in [0.2, 0.25) is 0 Å². The van der Waals surface area contributed by atoms with Crippen molar-refractivity contribution in [3.05, 3.63) is 24.3 Å². The van der Waals surface area contributed by atoms with E-state index in [-0.39, 0.29) is 12.5 Å². The van der Waals surface area contributed by atoms with Crippen molar-refractivity contribution in [1.82, 2.24) is 5.32 Å². The summed E-state index contributed by atoms with van der Waals surface area (Å²) in [5.41, 5.74) is 0.